The topological polar surface area (TPSA) is 96.0 Å². The Kier molecular flexibility index (Phi) is 5.86. The van der Waals surface area contributed by atoms with Crippen molar-refractivity contribution in [3.05, 3.63) is 53.6 Å². The average Bonchev–Trinajstić information content (AvgIpc) is 3.03. The zero-order chi connectivity index (χ0) is 21.3. The first kappa shape index (κ1) is 21.1. The summed E-state index contributed by atoms with van der Waals surface area (Å²) in [4.78, 5) is 24.2. The van der Waals surface area contributed by atoms with E-state index < -0.39 is 16.1 Å². The summed E-state index contributed by atoms with van der Waals surface area (Å²) in [6.07, 6.45) is 2.40. The van der Waals surface area contributed by atoms with E-state index in [2.05, 4.69) is 15.0 Å². The quantitative estimate of drug-likeness (QED) is 0.641. The number of pyridine rings is 1. The SMILES string of the molecule is CC(=O)C(C(C)C)N(C)S(=O)(=O)c1ccc(Cc2[nH]ccc3nc(C)nc2-3)cc1. The van der Waals surface area contributed by atoms with Crippen molar-refractivity contribution in [3.63, 3.8) is 0 Å². The zero-order valence-electron chi connectivity index (χ0n) is 17.3. The molecule has 7 nitrogen and oxygen atoms in total. The van der Waals surface area contributed by atoms with Crippen LogP contribution in [-0.4, -0.2) is 46.5 Å². The summed E-state index contributed by atoms with van der Waals surface area (Å²) in [5.74, 6) is 0.435. The molecule has 0 saturated carbocycles. The van der Waals surface area contributed by atoms with Crippen molar-refractivity contribution in [1.29, 1.82) is 0 Å². The van der Waals surface area contributed by atoms with Crippen molar-refractivity contribution in [2.75, 3.05) is 7.05 Å². The van der Waals surface area contributed by atoms with Crippen LogP contribution in [0.15, 0.2) is 41.4 Å². The van der Waals surface area contributed by atoms with Crippen LogP contribution in [0.3, 0.4) is 0 Å². The third-order valence-corrected chi connectivity index (χ3v) is 6.86. The Morgan fingerprint density at radius 2 is 1.79 bits per heavy atom. The van der Waals surface area contributed by atoms with Crippen LogP contribution in [0.4, 0.5) is 0 Å². The highest BCUT2D eigenvalue weighted by Gasteiger charge is 2.32. The minimum absolute atomic E-state index is 0.114. The molecule has 0 amide bonds. The van der Waals surface area contributed by atoms with Crippen LogP contribution in [0.1, 0.15) is 37.9 Å². The van der Waals surface area contributed by atoms with Crippen molar-refractivity contribution in [1.82, 2.24) is 19.3 Å². The van der Waals surface area contributed by atoms with E-state index in [9.17, 15) is 13.2 Å². The predicted octanol–water partition coefficient (Wildman–Crippen LogP) is 3.04. The van der Waals surface area contributed by atoms with Crippen LogP contribution in [0.5, 0.6) is 0 Å². The number of hydrogen-bond acceptors (Lipinski definition) is 5. The number of nitrogens with zero attached hydrogens (tertiary/aromatic N) is 3. The Morgan fingerprint density at radius 3 is 2.38 bits per heavy atom. The first-order chi connectivity index (χ1) is 13.6. The first-order valence-corrected chi connectivity index (χ1v) is 10.9. The van der Waals surface area contributed by atoms with Crippen molar-refractivity contribution < 1.29 is 13.2 Å². The van der Waals surface area contributed by atoms with Crippen LogP contribution >= 0.6 is 0 Å². The second-order valence-corrected chi connectivity index (χ2v) is 9.60. The van der Waals surface area contributed by atoms with E-state index in [0.717, 1.165) is 28.5 Å². The Hall–Kier alpha value is -2.58. The number of imidazole rings is 1. The number of Topliss-reactive ketones (excluding diaryl/α,β-unsaturated/α-hetero) is 1. The van der Waals surface area contributed by atoms with Gasteiger partial charge in [-0.1, -0.05) is 26.0 Å². The summed E-state index contributed by atoms with van der Waals surface area (Å²) in [7, 11) is -2.31. The van der Waals surface area contributed by atoms with Gasteiger partial charge in [0.05, 0.1) is 16.6 Å². The summed E-state index contributed by atoms with van der Waals surface area (Å²) < 4.78 is 27.1. The lowest BCUT2D eigenvalue weighted by Crippen LogP contribution is -2.44. The maximum atomic E-state index is 13.0. The lowest BCUT2D eigenvalue weighted by molar-refractivity contribution is -0.121. The molecule has 0 spiro atoms. The molecule has 1 unspecified atom stereocenters. The standard InChI is InChI=1S/C21H26N4O3S/c1-13(2)21(14(3)26)25(5)29(27,28)17-8-6-16(7-9-17)12-19-20-18(10-11-22-19)23-15(4)24-20/h6-11,13,21-22H,12H2,1-5H3. The van der Waals surface area contributed by atoms with Gasteiger partial charge < -0.3 is 4.98 Å². The third-order valence-electron chi connectivity index (χ3n) is 5.00. The lowest BCUT2D eigenvalue weighted by atomic mass is 10.0. The molecule has 2 aliphatic heterocycles. The highest BCUT2D eigenvalue weighted by molar-refractivity contribution is 7.89. The smallest absolute Gasteiger partial charge is 0.243 e. The van der Waals surface area contributed by atoms with Gasteiger partial charge in [0.15, 0.2) is 0 Å². The summed E-state index contributed by atoms with van der Waals surface area (Å²) in [5, 5.41) is 0. The normalized spacial score (nSPS) is 13.3. The number of ketones is 1. The van der Waals surface area contributed by atoms with Crippen LogP contribution in [-0.2, 0) is 21.2 Å². The molecule has 1 atom stereocenters. The van der Waals surface area contributed by atoms with E-state index in [1.165, 1.54) is 18.3 Å². The number of fused-ring (bicyclic) bond motifs is 1. The van der Waals surface area contributed by atoms with E-state index in [-0.39, 0.29) is 16.6 Å². The Morgan fingerprint density at radius 1 is 1.14 bits per heavy atom. The fourth-order valence-corrected chi connectivity index (χ4v) is 5.18. The van der Waals surface area contributed by atoms with E-state index in [1.807, 2.05) is 33.0 Å². The number of aryl methyl sites for hydroxylation is 1. The Bertz CT molecular complexity index is 1090. The fourth-order valence-electron chi connectivity index (χ4n) is 3.68. The molecule has 1 aromatic rings. The number of carbonyl (C=O) groups excluding carboxylic acids is 1. The molecule has 154 valence electrons. The average molecular weight is 415 g/mol. The van der Waals surface area contributed by atoms with Gasteiger partial charge >= 0.3 is 0 Å². The summed E-state index contributed by atoms with van der Waals surface area (Å²) in [5.41, 5.74) is 3.53. The maximum Gasteiger partial charge on any atom is 0.243 e. The highest BCUT2D eigenvalue weighted by atomic mass is 32.2. The molecule has 1 N–H and O–H groups in total. The van der Waals surface area contributed by atoms with Gasteiger partial charge in [-0.2, -0.15) is 4.31 Å². The number of aromatic nitrogens is 3. The van der Waals surface area contributed by atoms with Gasteiger partial charge in [-0.25, -0.2) is 18.4 Å². The summed E-state index contributed by atoms with van der Waals surface area (Å²) in [6.45, 7) is 6.95. The van der Waals surface area contributed by atoms with Crippen molar-refractivity contribution in [3.8, 4) is 11.4 Å². The maximum absolute atomic E-state index is 13.0. The van der Waals surface area contributed by atoms with Crippen LogP contribution in [0.2, 0.25) is 0 Å². The molecule has 0 radical (unpaired) electrons. The number of hydrogen-bond donors (Lipinski definition) is 1. The van der Waals surface area contributed by atoms with E-state index in [0.29, 0.717) is 6.42 Å². The second-order valence-electron chi connectivity index (χ2n) is 7.60. The lowest BCUT2D eigenvalue weighted by Gasteiger charge is -2.28. The van der Waals surface area contributed by atoms with Crippen LogP contribution in [0, 0.1) is 12.8 Å². The molecule has 0 aromatic heterocycles. The molecule has 29 heavy (non-hydrogen) atoms. The molecule has 1 aromatic carbocycles. The molecule has 0 fully saturated rings. The minimum atomic E-state index is -3.77. The van der Waals surface area contributed by atoms with Gasteiger partial charge in [0.2, 0.25) is 10.0 Å². The van der Waals surface area contributed by atoms with E-state index in [1.54, 1.807) is 24.3 Å². The number of likely N-dealkylation sites (N-methyl/N-ethyl adjacent to an activating group) is 1. The largest absolute Gasteiger partial charge is 0.363 e. The van der Waals surface area contributed by atoms with Crippen molar-refractivity contribution in [2.24, 2.45) is 5.92 Å². The molecule has 3 rings (SSSR count). The Labute approximate surface area is 171 Å². The molecule has 0 aliphatic carbocycles. The number of carbonyl (C=O) groups is 1. The number of nitrogens with one attached hydrogen (secondary N) is 1. The van der Waals surface area contributed by atoms with Gasteiger partial charge in [-0.05, 0) is 43.5 Å². The summed E-state index contributed by atoms with van der Waals surface area (Å²) >= 11 is 0. The number of benzene rings is 1. The van der Waals surface area contributed by atoms with Crippen molar-refractivity contribution in [2.45, 2.75) is 45.1 Å². The fraction of sp³-hybridized carbons (Fsp3) is 0.381. The number of rotatable bonds is 7. The number of sulfonamides is 1. The molecule has 0 bridgehead atoms. The second kappa shape index (κ2) is 8.04. The molecular weight excluding hydrogens is 388 g/mol. The third kappa shape index (κ3) is 4.23. The molecule has 8 heteroatoms. The minimum Gasteiger partial charge on any atom is -0.363 e. The van der Waals surface area contributed by atoms with Gasteiger partial charge in [0.1, 0.15) is 17.3 Å². The molecule has 2 aliphatic rings. The molecule has 2 heterocycles. The van der Waals surface area contributed by atoms with Gasteiger partial charge in [-0.15, -0.1) is 0 Å². The number of H-pyrrole nitrogens is 1. The van der Waals surface area contributed by atoms with Crippen molar-refractivity contribution >= 4 is 15.8 Å². The van der Waals surface area contributed by atoms with E-state index in [4.69, 9.17) is 0 Å². The molecular formula is C21H26N4O3S. The zero-order valence-corrected chi connectivity index (χ0v) is 18.1. The van der Waals surface area contributed by atoms with Gasteiger partial charge in [0, 0.05) is 25.4 Å². The Balaban J connectivity index is 1.85. The van der Waals surface area contributed by atoms with Gasteiger partial charge in [0.25, 0.3) is 0 Å². The monoisotopic (exact) mass is 414 g/mol. The highest BCUT2D eigenvalue weighted by Crippen LogP contribution is 2.25. The first-order valence-electron chi connectivity index (χ1n) is 9.49. The van der Waals surface area contributed by atoms with Gasteiger partial charge in [-0.3, -0.25) is 4.79 Å². The molecule has 0 saturated heterocycles. The predicted molar refractivity (Wildman–Crippen MR) is 111 cm³/mol. The van der Waals surface area contributed by atoms with Crippen LogP contribution < -0.4 is 0 Å². The van der Waals surface area contributed by atoms with E-state index >= 15 is 0 Å². The number of aromatic amines is 1. The summed E-state index contributed by atoms with van der Waals surface area (Å²) in [6, 6.07) is 7.93. The van der Waals surface area contributed by atoms with Crippen LogP contribution in [0.25, 0.3) is 11.4 Å².